The molecule has 1 heterocycles. The summed E-state index contributed by atoms with van der Waals surface area (Å²) in [6.45, 7) is 4.43. The fourth-order valence-electron chi connectivity index (χ4n) is 2.89. The molecule has 0 radical (unpaired) electrons. The normalized spacial score (nSPS) is 14.1. The van der Waals surface area contributed by atoms with Crippen LogP contribution < -0.4 is 4.90 Å². The molecule has 7 nitrogen and oxygen atoms in total. The third-order valence-corrected chi connectivity index (χ3v) is 4.30. The van der Waals surface area contributed by atoms with Crippen LogP contribution >= 0.6 is 0 Å². The van der Waals surface area contributed by atoms with Crippen molar-refractivity contribution in [2.24, 2.45) is 0 Å². The minimum Gasteiger partial charge on any atom is -0.450 e. The molecule has 1 aliphatic rings. The zero-order valence-electron chi connectivity index (χ0n) is 15.4. The Morgan fingerprint density at radius 1 is 1.07 bits per heavy atom. The lowest BCUT2D eigenvalue weighted by Gasteiger charge is -2.34. The predicted octanol–water partition coefficient (Wildman–Crippen LogP) is 2.01. The lowest BCUT2D eigenvalue weighted by Crippen LogP contribution is -2.51. The summed E-state index contributed by atoms with van der Waals surface area (Å²) in [5, 5.41) is 0. The van der Waals surface area contributed by atoms with E-state index in [2.05, 4.69) is 0 Å². The number of nitrogens with zero attached hydrogens (tertiary/aromatic N) is 3. The molecule has 0 aliphatic carbocycles. The third kappa shape index (κ3) is 5.15. The predicted molar refractivity (Wildman–Crippen MR) is 94.2 cm³/mol. The summed E-state index contributed by atoms with van der Waals surface area (Å²) in [5.74, 6) is -2.53. The van der Waals surface area contributed by atoms with Crippen molar-refractivity contribution in [2.45, 2.75) is 20.3 Å². The van der Waals surface area contributed by atoms with Crippen molar-refractivity contribution in [3.05, 3.63) is 29.8 Å². The Balaban J connectivity index is 1.94. The zero-order valence-corrected chi connectivity index (χ0v) is 15.4. The van der Waals surface area contributed by atoms with E-state index in [1.54, 1.807) is 11.8 Å². The molecule has 2 rings (SSSR count). The maximum atomic E-state index is 13.9. The highest BCUT2D eigenvalue weighted by Crippen LogP contribution is 2.23. The number of ether oxygens (including phenoxy) is 1. The molecule has 1 aromatic rings. The van der Waals surface area contributed by atoms with Crippen LogP contribution in [0.2, 0.25) is 0 Å². The number of hydrogen-bond acceptors (Lipinski definition) is 4. The molecule has 3 amide bonds. The van der Waals surface area contributed by atoms with Crippen molar-refractivity contribution >= 4 is 23.6 Å². The van der Waals surface area contributed by atoms with E-state index in [0.717, 1.165) is 17.0 Å². The number of benzene rings is 1. The van der Waals surface area contributed by atoms with E-state index >= 15 is 0 Å². The summed E-state index contributed by atoms with van der Waals surface area (Å²) < 4.78 is 32.8. The first-order valence-electron chi connectivity index (χ1n) is 8.76. The van der Waals surface area contributed by atoms with Gasteiger partial charge < -0.3 is 19.4 Å². The second-order valence-electron chi connectivity index (χ2n) is 6.06. The summed E-state index contributed by atoms with van der Waals surface area (Å²) >= 11 is 0. The number of anilines is 1. The lowest BCUT2D eigenvalue weighted by molar-refractivity contribution is -0.132. The highest BCUT2D eigenvalue weighted by molar-refractivity contribution is 5.92. The highest BCUT2D eigenvalue weighted by atomic mass is 19.1. The fraction of sp³-hybridized carbons (Fsp3) is 0.500. The Bertz CT molecular complexity index is 686. The van der Waals surface area contributed by atoms with E-state index < -0.39 is 29.3 Å². The summed E-state index contributed by atoms with van der Waals surface area (Å²) in [6.07, 6.45) is -0.491. The minimum atomic E-state index is -0.860. The molecule has 148 valence electrons. The van der Waals surface area contributed by atoms with Crippen LogP contribution in [0.25, 0.3) is 0 Å². The van der Waals surface area contributed by atoms with Crippen LogP contribution in [0.15, 0.2) is 18.2 Å². The fourth-order valence-corrected chi connectivity index (χ4v) is 2.89. The van der Waals surface area contributed by atoms with Crippen LogP contribution in [0.4, 0.5) is 19.3 Å². The van der Waals surface area contributed by atoms with Crippen molar-refractivity contribution in [3.8, 4) is 0 Å². The van der Waals surface area contributed by atoms with Gasteiger partial charge in [-0.25, -0.2) is 13.6 Å². The minimum absolute atomic E-state index is 0.0766. The summed E-state index contributed by atoms with van der Waals surface area (Å²) in [7, 11) is 0. The van der Waals surface area contributed by atoms with Crippen LogP contribution in [0.3, 0.4) is 0 Å². The van der Waals surface area contributed by atoms with Gasteiger partial charge in [-0.2, -0.15) is 0 Å². The molecule has 0 N–H and O–H groups in total. The van der Waals surface area contributed by atoms with Crippen LogP contribution in [0.1, 0.15) is 20.3 Å². The largest absolute Gasteiger partial charge is 0.450 e. The summed E-state index contributed by atoms with van der Waals surface area (Å²) in [4.78, 5) is 39.9. The van der Waals surface area contributed by atoms with E-state index in [0.29, 0.717) is 26.2 Å². The first kappa shape index (κ1) is 20.6. The number of para-hydroxylation sites is 1. The Labute approximate surface area is 156 Å². The van der Waals surface area contributed by atoms with Gasteiger partial charge in [-0.15, -0.1) is 0 Å². The zero-order chi connectivity index (χ0) is 20.0. The first-order chi connectivity index (χ1) is 12.8. The molecule has 1 aromatic carbocycles. The summed E-state index contributed by atoms with van der Waals surface area (Å²) in [5.41, 5.74) is -0.454. The average Bonchev–Trinajstić information content (AvgIpc) is 2.63. The van der Waals surface area contributed by atoms with E-state index in [-0.39, 0.29) is 25.5 Å². The van der Waals surface area contributed by atoms with Gasteiger partial charge >= 0.3 is 6.09 Å². The quantitative estimate of drug-likeness (QED) is 0.780. The van der Waals surface area contributed by atoms with Crippen molar-refractivity contribution in [1.82, 2.24) is 9.80 Å². The molecule has 0 unspecified atom stereocenters. The van der Waals surface area contributed by atoms with Crippen LogP contribution in [-0.2, 0) is 14.3 Å². The van der Waals surface area contributed by atoms with E-state index in [4.69, 9.17) is 4.74 Å². The van der Waals surface area contributed by atoms with Crippen molar-refractivity contribution in [1.29, 1.82) is 0 Å². The van der Waals surface area contributed by atoms with E-state index in [1.165, 1.54) is 17.9 Å². The molecular formula is C18H23F2N3O4. The number of halogens is 2. The Morgan fingerprint density at radius 2 is 1.63 bits per heavy atom. The number of rotatable bonds is 5. The molecule has 0 aromatic heterocycles. The number of amides is 3. The molecule has 1 aliphatic heterocycles. The van der Waals surface area contributed by atoms with E-state index in [1.807, 2.05) is 0 Å². The number of hydrogen-bond donors (Lipinski definition) is 0. The van der Waals surface area contributed by atoms with Gasteiger partial charge in [-0.05, 0) is 19.1 Å². The molecule has 0 saturated carbocycles. The Kier molecular flexibility index (Phi) is 7.09. The topological polar surface area (TPSA) is 70.2 Å². The number of piperazine rings is 1. The molecule has 0 atom stereocenters. The SMILES string of the molecule is CCOC(=O)N1CCN(C(=O)CCN(C(C)=O)c2c(F)cccc2F)CC1. The summed E-state index contributed by atoms with van der Waals surface area (Å²) in [6, 6.07) is 3.33. The lowest BCUT2D eigenvalue weighted by atomic mass is 10.2. The molecule has 1 saturated heterocycles. The molecule has 27 heavy (non-hydrogen) atoms. The van der Waals surface area contributed by atoms with Crippen LogP contribution in [-0.4, -0.2) is 67.0 Å². The van der Waals surface area contributed by atoms with E-state index in [9.17, 15) is 23.2 Å². The number of carbonyl (C=O) groups is 3. The van der Waals surface area contributed by atoms with Crippen molar-refractivity contribution in [3.63, 3.8) is 0 Å². The maximum absolute atomic E-state index is 13.9. The number of carbonyl (C=O) groups excluding carboxylic acids is 3. The van der Waals surface area contributed by atoms with Crippen LogP contribution in [0.5, 0.6) is 0 Å². The first-order valence-corrected chi connectivity index (χ1v) is 8.76. The standard InChI is InChI=1S/C18H23F2N3O4/c1-3-27-18(26)22-11-9-21(10-12-22)16(25)7-8-23(13(2)24)17-14(19)5-4-6-15(17)20/h4-6H,3,7-12H2,1-2H3. The monoisotopic (exact) mass is 383 g/mol. The van der Waals surface area contributed by atoms with Gasteiger partial charge in [0.15, 0.2) is 0 Å². The van der Waals surface area contributed by atoms with Gasteiger partial charge in [-0.1, -0.05) is 6.07 Å². The Hall–Kier alpha value is -2.71. The Morgan fingerprint density at radius 3 is 2.15 bits per heavy atom. The van der Waals surface area contributed by atoms with Gasteiger partial charge in [0, 0.05) is 46.1 Å². The van der Waals surface area contributed by atoms with Gasteiger partial charge in [0.1, 0.15) is 17.3 Å². The molecular weight excluding hydrogens is 360 g/mol. The smallest absolute Gasteiger partial charge is 0.409 e. The second-order valence-corrected chi connectivity index (χ2v) is 6.06. The maximum Gasteiger partial charge on any atom is 0.409 e. The highest BCUT2D eigenvalue weighted by Gasteiger charge is 2.26. The molecule has 0 spiro atoms. The molecule has 0 bridgehead atoms. The molecule has 9 heteroatoms. The average molecular weight is 383 g/mol. The van der Waals surface area contributed by atoms with Gasteiger partial charge in [0.2, 0.25) is 11.8 Å². The molecule has 1 fully saturated rings. The third-order valence-electron chi connectivity index (χ3n) is 4.30. The second kappa shape index (κ2) is 9.29. The van der Waals surface area contributed by atoms with Gasteiger partial charge in [0.25, 0.3) is 0 Å². The van der Waals surface area contributed by atoms with Crippen molar-refractivity contribution < 1.29 is 27.9 Å². The van der Waals surface area contributed by atoms with Crippen LogP contribution in [0, 0.1) is 11.6 Å². The van der Waals surface area contributed by atoms with Gasteiger partial charge in [-0.3, -0.25) is 9.59 Å². The van der Waals surface area contributed by atoms with Gasteiger partial charge in [0.05, 0.1) is 6.61 Å². The van der Waals surface area contributed by atoms with Crippen molar-refractivity contribution in [2.75, 3.05) is 44.2 Å².